The van der Waals surface area contributed by atoms with Gasteiger partial charge in [-0.15, -0.1) is 0 Å². The van der Waals surface area contributed by atoms with Crippen LogP contribution in [-0.2, 0) is 0 Å². The van der Waals surface area contributed by atoms with Gasteiger partial charge in [-0.2, -0.15) is 0 Å². The van der Waals surface area contributed by atoms with Gasteiger partial charge < -0.3 is 14.2 Å². The van der Waals surface area contributed by atoms with Crippen molar-refractivity contribution in [3.05, 3.63) is 93.3 Å². The first-order valence-corrected chi connectivity index (χ1v) is 9.97. The number of rotatable bonds is 3. The van der Waals surface area contributed by atoms with Gasteiger partial charge in [-0.1, -0.05) is 53.6 Å². The molecule has 0 spiro atoms. The van der Waals surface area contributed by atoms with Gasteiger partial charge in [-0.25, -0.2) is 4.79 Å². The van der Waals surface area contributed by atoms with Crippen molar-refractivity contribution in [2.24, 2.45) is 0 Å². The van der Waals surface area contributed by atoms with Crippen LogP contribution in [0.5, 0.6) is 0 Å². The van der Waals surface area contributed by atoms with E-state index in [4.69, 9.17) is 20.4 Å². The first kappa shape index (κ1) is 18.5. The maximum Gasteiger partial charge on any atom is 0.348 e. The molecular weight excluding hydrogens is 398 g/mol. The molecule has 0 saturated heterocycles. The fourth-order valence-corrected chi connectivity index (χ4v) is 3.98. The van der Waals surface area contributed by atoms with Crippen LogP contribution in [0.25, 0.3) is 33.1 Å². The number of aryl methyl sites for hydroxylation is 2. The van der Waals surface area contributed by atoms with Crippen molar-refractivity contribution in [3.8, 4) is 11.1 Å². The molecule has 2 aromatic heterocycles. The summed E-state index contributed by atoms with van der Waals surface area (Å²) >= 11 is 6.25. The Hall–Kier alpha value is -3.50. The molecule has 0 amide bonds. The van der Waals surface area contributed by atoms with E-state index in [9.17, 15) is 4.79 Å². The molecule has 5 aromatic rings. The van der Waals surface area contributed by atoms with Crippen LogP contribution in [0, 0.1) is 13.8 Å². The van der Waals surface area contributed by atoms with E-state index in [1.807, 2.05) is 62.4 Å². The zero-order valence-corrected chi connectivity index (χ0v) is 17.2. The average Bonchev–Trinajstić information content (AvgIpc) is 3.10. The Morgan fingerprint density at radius 1 is 0.900 bits per heavy atom. The lowest BCUT2D eigenvalue weighted by Gasteiger charge is -2.10. The Morgan fingerprint density at radius 3 is 2.53 bits per heavy atom. The molecule has 0 atom stereocenters. The SMILES string of the molecule is Cc1ccc(Nc2oc3c(c2-c2cccc(Cl)c2)c(=O)oc2ccccc23)c(C)c1. The Labute approximate surface area is 177 Å². The summed E-state index contributed by atoms with van der Waals surface area (Å²) < 4.78 is 11.9. The molecule has 0 bridgehead atoms. The number of fused-ring (bicyclic) bond motifs is 3. The van der Waals surface area contributed by atoms with Gasteiger partial charge >= 0.3 is 5.63 Å². The van der Waals surface area contributed by atoms with Crippen LogP contribution < -0.4 is 10.9 Å². The molecule has 2 heterocycles. The Kier molecular flexibility index (Phi) is 4.37. The highest BCUT2D eigenvalue weighted by molar-refractivity contribution is 6.31. The van der Waals surface area contributed by atoms with Crippen LogP contribution in [0.3, 0.4) is 0 Å². The van der Waals surface area contributed by atoms with Crippen LogP contribution in [0.2, 0.25) is 5.02 Å². The quantitative estimate of drug-likeness (QED) is 0.316. The summed E-state index contributed by atoms with van der Waals surface area (Å²) in [5.74, 6) is 0.475. The van der Waals surface area contributed by atoms with Crippen LogP contribution in [0.4, 0.5) is 11.6 Å². The summed E-state index contributed by atoms with van der Waals surface area (Å²) in [6.07, 6.45) is 0. The zero-order valence-electron chi connectivity index (χ0n) is 16.5. The van der Waals surface area contributed by atoms with Crippen LogP contribution in [0.15, 0.2) is 80.4 Å². The Morgan fingerprint density at radius 2 is 1.73 bits per heavy atom. The van der Waals surface area contributed by atoms with Crippen LogP contribution in [0.1, 0.15) is 11.1 Å². The summed E-state index contributed by atoms with van der Waals surface area (Å²) in [6, 6.07) is 20.8. The molecule has 4 nitrogen and oxygen atoms in total. The van der Waals surface area contributed by atoms with E-state index in [2.05, 4.69) is 11.4 Å². The van der Waals surface area contributed by atoms with E-state index in [-0.39, 0.29) is 0 Å². The topological polar surface area (TPSA) is 55.4 Å². The predicted octanol–water partition coefficient (Wildman–Crippen LogP) is 7.22. The number of anilines is 2. The molecule has 0 saturated carbocycles. The third kappa shape index (κ3) is 3.06. The second-order valence-corrected chi connectivity index (χ2v) is 7.79. The number of benzene rings is 3. The van der Waals surface area contributed by atoms with E-state index in [1.54, 1.807) is 12.1 Å². The van der Waals surface area contributed by atoms with Crippen LogP contribution in [-0.4, -0.2) is 0 Å². The van der Waals surface area contributed by atoms with Gasteiger partial charge in [0.15, 0.2) is 5.58 Å². The standard InChI is InChI=1S/C25H18ClNO3/c1-14-10-11-19(15(2)12-14)27-24-21(16-6-5-7-17(26)13-16)22-23(30-24)18-8-3-4-9-20(18)29-25(22)28/h3-13,27H,1-2H3. The normalized spacial score (nSPS) is 11.3. The second kappa shape index (κ2) is 7.08. The highest BCUT2D eigenvalue weighted by atomic mass is 35.5. The summed E-state index contributed by atoms with van der Waals surface area (Å²) in [5, 5.41) is 5.08. The van der Waals surface area contributed by atoms with Crippen molar-refractivity contribution in [1.29, 1.82) is 0 Å². The van der Waals surface area contributed by atoms with Gasteiger partial charge in [-0.05, 0) is 55.3 Å². The molecule has 1 N–H and O–H groups in total. The maximum absolute atomic E-state index is 13.0. The molecular formula is C25H18ClNO3. The third-order valence-corrected chi connectivity index (χ3v) is 5.43. The lowest BCUT2D eigenvalue weighted by molar-refractivity contribution is 0.566. The molecule has 3 aromatic carbocycles. The van der Waals surface area contributed by atoms with Gasteiger partial charge in [0.1, 0.15) is 11.0 Å². The maximum atomic E-state index is 13.0. The van der Waals surface area contributed by atoms with Crippen LogP contribution >= 0.6 is 11.6 Å². The smallest absolute Gasteiger partial charge is 0.348 e. The van der Waals surface area contributed by atoms with Gasteiger partial charge in [0.2, 0.25) is 5.88 Å². The fraction of sp³-hybridized carbons (Fsp3) is 0.0800. The molecule has 30 heavy (non-hydrogen) atoms. The fourth-order valence-electron chi connectivity index (χ4n) is 3.79. The first-order valence-electron chi connectivity index (χ1n) is 9.60. The summed E-state index contributed by atoms with van der Waals surface area (Å²) in [7, 11) is 0. The van der Waals surface area contributed by atoms with E-state index >= 15 is 0 Å². The Bertz CT molecular complexity index is 1480. The van der Waals surface area contributed by atoms with Crippen molar-refractivity contribution in [2.45, 2.75) is 13.8 Å². The molecule has 0 fully saturated rings. The van der Waals surface area contributed by atoms with Crippen molar-refractivity contribution in [3.63, 3.8) is 0 Å². The number of furan rings is 1. The zero-order chi connectivity index (χ0) is 20.8. The highest BCUT2D eigenvalue weighted by Gasteiger charge is 2.23. The monoisotopic (exact) mass is 415 g/mol. The average molecular weight is 416 g/mol. The van der Waals surface area contributed by atoms with E-state index in [1.165, 1.54) is 5.56 Å². The second-order valence-electron chi connectivity index (χ2n) is 7.35. The number of para-hydroxylation sites is 1. The number of halogens is 1. The van der Waals surface area contributed by atoms with E-state index in [0.29, 0.717) is 33.0 Å². The summed E-state index contributed by atoms with van der Waals surface area (Å²) in [4.78, 5) is 13.0. The summed E-state index contributed by atoms with van der Waals surface area (Å²) in [6.45, 7) is 4.08. The molecule has 0 aliphatic heterocycles. The van der Waals surface area contributed by atoms with Crippen molar-refractivity contribution in [1.82, 2.24) is 0 Å². The minimum atomic E-state index is -0.448. The molecule has 0 unspecified atom stereocenters. The minimum Gasteiger partial charge on any atom is -0.439 e. The summed E-state index contributed by atoms with van der Waals surface area (Å²) in [5.41, 5.74) is 5.08. The molecule has 148 valence electrons. The largest absolute Gasteiger partial charge is 0.439 e. The van der Waals surface area contributed by atoms with Gasteiger partial charge in [0, 0.05) is 10.7 Å². The van der Waals surface area contributed by atoms with E-state index < -0.39 is 5.63 Å². The molecule has 0 radical (unpaired) electrons. The predicted molar refractivity (Wildman–Crippen MR) is 122 cm³/mol. The molecule has 5 heteroatoms. The number of nitrogens with one attached hydrogen (secondary N) is 1. The van der Waals surface area contributed by atoms with Crippen molar-refractivity contribution < 1.29 is 8.83 Å². The van der Waals surface area contributed by atoms with Crippen molar-refractivity contribution >= 4 is 45.1 Å². The highest BCUT2D eigenvalue weighted by Crippen LogP contribution is 2.41. The number of hydrogen-bond donors (Lipinski definition) is 1. The number of hydrogen-bond acceptors (Lipinski definition) is 4. The molecule has 5 rings (SSSR count). The first-order chi connectivity index (χ1) is 14.5. The van der Waals surface area contributed by atoms with Gasteiger partial charge in [-0.3, -0.25) is 0 Å². The Balaban J connectivity index is 1.84. The van der Waals surface area contributed by atoms with Gasteiger partial charge in [0.25, 0.3) is 0 Å². The molecule has 0 aliphatic rings. The van der Waals surface area contributed by atoms with Gasteiger partial charge in [0.05, 0.1) is 10.9 Å². The molecule has 0 aliphatic carbocycles. The lowest BCUT2D eigenvalue weighted by Crippen LogP contribution is -2.00. The minimum absolute atomic E-state index is 0.392. The lowest BCUT2D eigenvalue weighted by atomic mass is 10.0. The van der Waals surface area contributed by atoms with E-state index in [0.717, 1.165) is 22.2 Å². The van der Waals surface area contributed by atoms with Crippen molar-refractivity contribution in [2.75, 3.05) is 5.32 Å². The third-order valence-electron chi connectivity index (χ3n) is 5.19.